The van der Waals surface area contributed by atoms with E-state index in [4.69, 9.17) is 4.74 Å². The second-order valence-corrected chi connectivity index (χ2v) is 11.1. The highest BCUT2D eigenvalue weighted by atomic mass is 16.5. The van der Waals surface area contributed by atoms with Crippen LogP contribution in [0.1, 0.15) is 74.0 Å². The largest absolute Gasteiger partial charge is 0.465 e. The summed E-state index contributed by atoms with van der Waals surface area (Å²) in [6.07, 6.45) is 9.41. The van der Waals surface area contributed by atoms with Crippen LogP contribution in [-0.4, -0.2) is 18.5 Å². The van der Waals surface area contributed by atoms with Crippen LogP contribution in [-0.2, 0) is 20.7 Å². The summed E-state index contributed by atoms with van der Waals surface area (Å²) in [7, 11) is 0. The van der Waals surface area contributed by atoms with Gasteiger partial charge in [-0.3, -0.25) is 9.59 Å². The first kappa shape index (κ1) is 23.8. The molecular weight excluding hydrogens is 434 g/mol. The lowest BCUT2D eigenvalue weighted by Gasteiger charge is -2.26. The van der Waals surface area contributed by atoms with Gasteiger partial charge in [-0.25, -0.2) is 0 Å². The maximum Gasteiger partial charge on any atom is 0.313 e. The molecule has 1 saturated heterocycles. The number of cyclic esters (lactones) is 1. The summed E-state index contributed by atoms with van der Waals surface area (Å²) in [6.45, 7) is 6.73. The lowest BCUT2D eigenvalue weighted by atomic mass is 9.75. The Labute approximate surface area is 209 Å². The van der Waals surface area contributed by atoms with Crippen LogP contribution in [0.25, 0.3) is 0 Å². The second-order valence-electron chi connectivity index (χ2n) is 11.1. The average Bonchev–Trinajstić information content (AvgIpc) is 3.16. The molecule has 3 unspecified atom stereocenters. The molecule has 0 spiro atoms. The van der Waals surface area contributed by atoms with Crippen molar-refractivity contribution in [3.63, 3.8) is 0 Å². The van der Waals surface area contributed by atoms with Crippen molar-refractivity contribution in [2.75, 3.05) is 11.9 Å². The van der Waals surface area contributed by atoms with Crippen LogP contribution in [0.5, 0.6) is 0 Å². The SMILES string of the molecule is C=C1CC2COC(=O)C2(Cc2ccc(NC(=O)C(c3ccc(C)cc3)C3CCCCCC3)cc2)C1. The molecule has 0 aromatic heterocycles. The van der Waals surface area contributed by atoms with Crippen LogP contribution < -0.4 is 5.32 Å². The Morgan fingerprint density at radius 3 is 2.43 bits per heavy atom. The first-order chi connectivity index (χ1) is 16.9. The highest BCUT2D eigenvalue weighted by molar-refractivity contribution is 5.96. The van der Waals surface area contributed by atoms with Crippen LogP contribution in [0.3, 0.4) is 0 Å². The zero-order valence-corrected chi connectivity index (χ0v) is 20.9. The second kappa shape index (κ2) is 10.0. The Bertz CT molecular complexity index is 1080. The Morgan fingerprint density at radius 1 is 1.06 bits per heavy atom. The standard InChI is InChI=1S/C31H37NO3/c1-21-9-13-25(14-10-21)28(24-7-5-3-4-6-8-24)29(33)32-27-15-11-23(12-16-27)19-31-18-22(2)17-26(31)20-35-30(31)34/h9-16,24,26,28H,2-8,17-20H2,1H3,(H,32,33). The number of hydrogen-bond donors (Lipinski definition) is 1. The van der Waals surface area contributed by atoms with Crippen molar-refractivity contribution >= 4 is 17.6 Å². The third-order valence-electron chi connectivity index (χ3n) is 8.54. The number of allylic oxidation sites excluding steroid dienone is 1. The van der Waals surface area contributed by atoms with Crippen LogP contribution in [0.4, 0.5) is 5.69 Å². The molecule has 0 bridgehead atoms. The third-order valence-corrected chi connectivity index (χ3v) is 8.54. The molecule has 3 fully saturated rings. The number of anilines is 1. The molecule has 184 valence electrons. The lowest BCUT2D eigenvalue weighted by molar-refractivity contribution is -0.146. The Kier molecular flexibility index (Phi) is 6.82. The minimum Gasteiger partial charge on any atom is -0.465 e. The van der Waals surface area contributed by atoms with E-state index in [2.05, 4.69) is 43.1 Å². The molecule has 2 aromatic carbocycles. The van der Waals surface area contributed by atoms with Gasteiger partial charge in [-0.2, -0.15) is 0 Å². The van der Waals surface area contributed by atoms with Crippen LogP contribution in [0, 0.1) is 24.2 Å². The number of esters is 1. The number of amides is 1. The van der Waals surface area contributed by atoms with Gasteiger partial charge in [-0.05, 0) is 68.2 Å². The lowest BCUT2D eigenvalue weighted by Crippen LogP contribution is -2.31. The highest BCUT2D eigenvalue weighted by Gasteiger charge is 2.55. The number of ether oxygens (including phenoxy) is 1. The van der Waals surface area contributed by atoms with Gasteiger partial charge in [0.05, 0.1) is 17.9 Å². The van der Waals surface area contributed by atoms with Gasteiger partial charge >= 0.3 is 5.97 Å². The summed E-state index contributed by atoms with van der Waals surface area (Å²) in [4.78, 5) is 26.2. The Hall–Kier alpha value is -2.88. The van der Waals surface area contributed by atoms with Crippen molar-refractivity contribution in [2.45, 2.75) is 70.6 Å². The molecule has 5 rings (SSSR count). The van der Waals surface area contributed by atoms with Gasteiger partial charge in [0, 0.05) is 11.6 Å². The van der Waals surface area contributed by atoms with Crippen molar-refractivity contribution in [1.29, 1.82) is 0 Å². The maximum absolute atomic E-state index is 13.6. The fourth-order valence-electron chi connectivity index (χ4n) is 6.61. The van der Waals surface area contributed by atoms with E-state index in [1.165, 1.54) is 31.2 Å². The molecular formula is C31H37NO3. The zero-order valence-electron chi connectivity index (χ0n) is 20.9. The molecule has 3 atom stereocenters. The number of aryl methyl sites for hydroxylation is 1. The molecule has 4 heteroatoms. The Morgan fingerprint density at radius 2 is 1.74 bits per heavy atom. The fourth-order valence-corrected chi connectivity index (χ4v) is 6.61. The van der Waals surface area contributed by atoms with Gasteiger partial charge in [-0.15, -0.1) is 0 Å². The minimum atomic E-state index is -0.460. The third kappa shape index (κ3) is 4.94. The first-order valence-electron chi connectivity index (χ1n) is 13.2. The van der Waals surface area contributed by atoms with E-state index in [-0.39, 0.29) is 23.7 Å². The monoisotopic (exact) mass is 471 g/mol. The fraction of sp³-hybridized carbons (Fsp3) is 0.484. The molecule has 4 nitrogen and oxygen atoms in total. The minimum absolute atomic E-state index is 0.0807. The van der Waals surface area contributed by atoms with E-state index in [0.717, 1.165) is 41.6 Å². The molecule has 1 aliphatic heterocycles. The van der Waals surface area contributed by atoms with Gasteiger partial charge in [0.15, 0.2) is 0 Å². The van der Waals surface area contributed by atoms with Crippen molar-refractivity contribution in [3.05, 3.63) is 77.4 Å². The first-order valence-corrected chi connectivity index (χ1v) is 13.2. The smallest absolute Gasteiger partial charge is 0.313 e. The molecule has 3 aliphatic rings. The van der Waals surface area contributed by atoms with Crippen LogP contribution in [0.2, 0.25) is 0 Å². The summed E-state index contributed by atoms with van der Waals surface area (Å²) in [5.74, 6) is 0.475. The van der Waals surface area contributed by atoms with E-state index in [1.54, 1.807) is 0 Å². The van der Waals surface area contributed by atoms with Crippen molar-refractivity contribution in [3.8, 4) is 0 Å². The molecule has 2 aliphatic carbocycles. The van der Waals surface area contributed by atoms with Gasteiger partial charge in [0.1, 0.15) is 0 Å². The summed E-state index contributed by atoms with van der Waals surface area (Å²) in [6, 6.07) is 16.5. The molecule has 2 aromatic rings. The van der Waals surface area contributed by atoms with Gasteiger partial charge in [0.2, 0.25) is 5.91 Å². The van der Waals surface area contributed by atoms with E-state index in [9.17, 15) is 9.59 Å². The summed E-state index contributed by atoms with van der Waals surface area (Å²) in [5, 5.41) is 3.21. The summed E-state index contributed by atoms with van der Waals surface area (Å²) in [5.41, 5.74) is 4.92. The quantitative estimate of drug-likeness (QED) is 0.288. The number of carbonyl (C=O) groups excluding carboxylic acids is 2. The predicted molar refractivity (Wildman–Crippen MR) is 139 cm³/mol. The normalized spacial score (nSPS) is 25.6. The van der Waals surface area contributed by atoms with Gasteiger partial charge < -0.3 is 10.1 Å². The Balaban J connectivity index is 1.31. The molecule has 0 radical (unpaired) electrons. The number of rotatable bonds is 6. The molecule has 1 N–H and O–H groups in total. The van der Waals surface area contributed by atoms with Crippen molar-refractivity contribution < 1.29 is 14.3 Å². The van der Waals surface area contributed by atoms with Crippen molar-refractivity contribution in [2.24, 2.45) is 17.3 Å². The van der Waals surface area contributed by atoms with Gasteiger partial charge in [0.25, 0.3) is 0 Å². The number of benzene rings is 2. The maximum atomic E-state index is 13.6. The summed E-state index contributed by atoms with van der Waals surface area (Å²) < 4.78 is 5.43. The number of hydrogen-bond acceptors (Lipinski definition) is 3. The molecule has 2 saturated carbocycles. The molecule has 1 heterocycles. The van der Waals surface area contributed by atoms with E-state index in [0.29, 0.717) is 25.4 Å². The summed E-state index contributed by atoms with van der Waals surface area (Å²) >= 11 is 0. The number of carbonyl (C=O) groups is 2. The van der Waals surface area contributed by atoms with E-state index >= 15 is 0 Å². The topological polar surface area (TPSA) is 55.4 Å². The molecule has 35 heavy (non-hydrogen) atoms. The average molecular weight is 472 g/mol. The van der Waals surface area contributed by atoms with Crippen LogP contribution in [0.15, 0.2) is 60.7 Å². The number of fused-ring (bicyclic) bond motifs is 1. The molecule has 1 amide bonds. The predicted octanol–water partition coefficient (Wildman–Crippen LogP) is 6.74. The van der Waals surface area contributed by atoms with Gasteiger partial charge in [-0.1, -0.05) is 79.8 Å². The van der Waals surface area contributed by atoms with E-state index in [1.807, 2.05) is 24.3 Å². The van der Waals surface area contributed by atoms with E-state index < -0.39 is 5.41 Å². The van der Waals surface area contributed by atoms with Crippen molar-refractivity contribution in [1.82, 2.24) is 0 Å². The van der Waals surface area contributed by atoms with Crippen LogP contribution >= 0.6 is 0 Å². The highest BCUT2D eigenvalue weighted by Crippen LogP contribution is 2.52. The number of nitrogens with one attached hydrogen (secondary N) is 1. The zero-order chi connectivity index (χ0) is 24.4.